The molecular formula is C15H22N6OS. The van der Waals surface area contributed by atoms with Gasteiger partial charge in [0.15, 0.2) is 10.8 Å². The van der Waals surface area contributed by atoms with Crippen LogP contribution in [0.15, 0.2) is 23.5 Å². The van der Waals surface area contributed by atoms with E-state index >= 15 is 0 Å². The summed E-state index contributed by atoms with van der Waals surface area (Å²) in [4.78, 5) is 20.5. The summed E-state index contributed by atoms with van der Waals surface area (Å²) in [5.41, 5.74) is 0.771. The molecule has 0 aromatic carbocycles. The van der Waals surface area contributed by atoms with Gasteiger partial charge in [-0.05, 0) is 33.1 Å². The number of rotatable bonds is 7. The molecule has 23 heavy (non-hydrogen) atoms. The smallest absolute Gasteiger partial charge is 0.243 e. The van der Waals surface area contributed by atoms with Gasteiger partial charge >= 0.3 is 0 Å². The molecule has 2 aromatic heterocycles. The highest BCUT2D eigenvalue weighted by atomic mass is 32.2. The average molecular weight is 334 g/mol. The first-order chi connectivity index (χ1) is 11.0. The second kappa shape index (κ2) is 7.96. The van der Waals surface area contributed by atoms with Crippen molar-refractivity contribution >= 4 is 34.5 Å². The van der Waals surface area contributed by atoms with Crippen LogP contribution in [0, 0.1) is 0 Å². The van der Waals surface area contributed by atoms with Crippen molar-refractivity contribution in [3.8, 4) is 0 Å². The van der Waals surface area contributed by atoms with Crippen molar-refractivity contribution in [3.05, 3.63) is 18.3 Å². The summed E-state index contributed by atoms with van der Waals surface area (Å²) in [6.45, 7) is 6.98. The Balaban J connectivity index is 2.22. The molecule has 0 aliphatic carbocycles. The lowest BCUT2D eigenvalue weighted by molar-refractivity contribution is -0.116. The molecule has 2 N–H and O–H groups in total. The molecule has 2 aromatic rings. The number of anilines is 1. The van der Waals surface area contributed by atoms with Crippen molar-refractivity contribution in [2.24, 2.45) is 0 Å². The van der Waals surface area contributed by atoms with Crippen molar-refractivity contribution < 1.29 is 4.79 Å². The molecule has 1 amide bonds. The van der Waals surface area contributed by atoms with E-state index < -0.39 is 0 Å². The van der Waals surface area contributed by atoms with E-state index in [0.717, 1.165) is 16.9 Å². The van der Waals surface area contributed by atoms with E-state index in [0.29, 0.717) is 18.2 Å². The Hall–Kier alpha value is -2.09. The minimum atomic E-state index is -0.106. The SMILES string of the molecule is CC=CC(=O)NCCn1ncc2c(NC(C)C)nc(SC)nc21. The maximum atomic E-state index is 11.4. The molecule has 0 radical (unpaired) electrons. The zero-order valence-corrected chi connectivity index (χ0v) is 14.6. The first-order valence-electron chi connectivity index (χ1n) is 7.49. The standard InChI is InChI=1S/C15H22N6OS/c1-5-6-12(22)16-7-8-21-14-11(9-17-21)13(18-10(2)3)19-15(20-14)23-4/h5-6,9-10H,7-8H2,1-4H3,(H,16,22)(H,18,19,20). The van der Waals surface area contributed by atoms with Crippen LogP contribution >= 0.6 is 11.8 Å². The van der Waals surface area contributed by atoms with Crippen molar-refractivity contribution in [1.29, 1.82) is 0 Å². The number of amides is 1. The second-order valence-electron chi connectivity index (χ2n) is 5.25. The minimum Gasteiger partial charge on any atom is -0.367 e. The summed E-state index contributed by atoms with van der Waals surface area (Å²) in [5, 5.41) is 12.1. The number of carbonyl (C=O) groups excluding carboxylic acids is 1. The maximum absolute atomic E-state index is 11.4. The fraction of sp³-hybridized carbons (Fsp3) is 0.467. The van der Waals surface area contributed by atoms with Gasteiger partial charge in [-0.25, -0.2) is 14.6 Å². The molecule has 0 unspecified atom stereocenters. The molecule has 0 atom stereocenters. The number of allylic oxidation sites excluding steroid dienone is 1. The molecule has 0 bridgehead atoms. The van der Waals surface area contributed by atoms with E-state index in [1.807, 2.05) is 13.2 Å². The van der Waals surface area contributed by atoms with E-state index in [-0.39, 0.29) is 11.9 Å². The summed E-state index contributed by atoms with van der Waals surface area (Å²) >= 11 is 1.49. The number of hydrogen-bond donors (Lipinski definition) is 2. The Labute approximate surface area is 140 Å². The van der Waals surface area contributed by atoms with E-state index in [1.165, 1.54) is 17.8 Å². The van der Waals surface area contributed by atoms with Crippen molar-refractivity contribution in [2.75, 3.05) is 18.1 Å². The third kappa shape index (κ3) is 4.44. The average Bonchev–Trinajstić information content (AvgIpc) is 2.90. The van der Waals surface area contributed by atoms with Crippen LogP contribution in [-0.4, -0.2) is 44.5 Å². The Kier molecular flexibility index (Phi) is 5.97. The molecule has 2 rings (SSSR count). The minimum absolute atomic E-state index is 0.106. The highest BCUT2D eigenvalue weighted by molar-refractivity contribution is 7.98. The monoisotopic (exact) mass is 334 g/mol. The highest BCUT2D eigenvalue weighted by Crippen LogP contribution is 2.23. The highest BCUT2D eigenvalue weighted by Gasteiger charge is 2.13. The van der Waals surface area contributed by atoms with Gasteiger partial charge in [-0.15, -0.1) is 0 Å². The van der Waals surface area contributed by atoms with Crippen LogP contribution < -0.4 is 10.6 Å². The fourth-order valence-electron chi connectivity index (χ4n) is 2.07. The van der Waals surface area contributed by atoms with Crippen LogP contribution in [0.3, 0.4) is 0 Å². The zero-order valence-electron chi connectivity index (χ0n) is 13.8. The Morgan fingerprint density at radius 3 is 2.87 bits per heavy atom. The Morgan fingerprint density at radius 2 is 2.22 bits per heavy atom. The number of hydrogen-bond acceptors (Lipinski definition) is 6. The largest absolute Gasteiger partial charge is 0.367 e. The summed E-state index contributed by atoms with van der Waals surface area (Å²) in [5.74, 6) is 0.684. The quantitative estimate of drug-likeness (QED) is 0.458. The molecule has 0 saturated carbocycles. The maximum Gasteiger partial charge on any atom is 0.243 e. The normalized spacial score (nSPS) is 11.5. The molecule has 0 aliphatic heterocycles. The summed E-state index contributed by atoms with van der Waals surface area (Å²) in [6, 6.07) is 0.270. The van der Waals surface area contributed by atoms with Gasteiger partial charge in [-0.2, -0.15) is 5.10 Å². The predicted molar refractivity (Wildman–Crippen MR) is 93.7 cm³/mol. The van der Waals surface area contributed by atoms with Crippen LogP contribution in [-0.2, 0) is 11.3 Å². The molecule has 8 heteroatoms. The summed E-state index contributed by atoms with van der Waals surface area (Å²) in [6.07, 6.45) is 6.91. The van der Waals surface area contributed by atoms with Crippen LogP contribution in [0.2, 0.25) is 0 Å². The van der Waals surface area contributed by atoms with Gasteiger partial charge in [0.05, 0.1) is 18.1 Å². The van der Waals surface area contributed by atoms with E-state index in [9.17, 15) is 4.79 Å². The number of carbonyl (C=O) groups is 1. The first-order valence-corrected chi connectivity index (χ1v) is 8.72. The predicted octanol–water partition coefficient (Wildman–Crippen LogP) is 2.06. The number of thioether (sulfide) groups is 1. The van der Waals surface area contributed by atoms with Gasteiger partial charge in [0, 0.05) is 12.6 Å². The lowest BCUT2D eigenvalue weighted by Gasteiger charge is -2.11. The topological polar surface area (TPSA) is 84.7 Å². The molecular weight excluding hydrogens is 312 g/mol. The molecule has 0 fully saturated rings. The van der Waals surface area contributed by atoms with Crippen LogP contribution in [0.25, 0.3) is 11.0 Å². The molecule has 2 heterocycles. The second-order valence-corrected chi connectivity index (χ2v) is 6.03. The fourth-order valence-corrected chi connectivity index (χ4v) is 2.43. The summed E-state index contributed by atoms with van der Waals surface area (Å²) < 4.78 is 1.79. The van der Waals surface area contributed by atoms with Crippen LogP contribution in [0.4, 0.5) is 5.82 Å². The van der Waals surface area contributed by atoms with E-state index in [2.05, 4.69) is 39.5 Å². The van der Waals surface area contributed by atoms with Gasteiger partial charge in [-0.1, -0.05) is 17.8 Å². The third-order valence-corrected chi connectivity index (χ3v) is 3.57. The number of nitrogens with zero attached hydrogens (tertiary/aromatic N) is 4. The lowest BCUT2D eigenvalue weighted by Crippen LogP contribution is -2.25. The van der Waals surface area contributed by atoms with Crippen molar-refractivity contribution in [2.45, 2.75) is 38.5 Å². The van der Waals surface area contributed by atoms with E-state index in [1.54, 1.807) is 17.0 Å². The lowest BCUT2D eigenvalue weighted by atomic mass is 10.3. The molecule has 124 valence electrons. The van der Waals surface area contributed by atoms with Crippen LogP contribution in [0.1, 0.15) is 20.8 Å². The molecule has 0 aliphatic rings. The zero-order chi connectivity index (χ0) is 16.8. The van der Waals surface area contributed by atoms with Crippen LogP contribution in [0.5, 0.6) is 0 Å². The molecule has 0 spiro atoms. The first kappa shape index (κ1) is 17.3. The van der Waals surface area contributed by atoms with E-state index in [4.69, 9.17) is 0 Å². The third-order valence-electron chi connectivity index (χ3n) is 3.02. The van der Waals surface area contributed by atoms with Crippen molar-refractivity contribution in [3.63, 3.8) is 0 Å². The molecule has 7 nitrogen and oxygen atoms in total. The Bertz CT molecular complexity index is 709. The number of nitrogens with one attached hydrogen (secondary N) is 2. The van der Waals surface area contributed by atoms with Gasteiger partial charge in [0.25, 0.3) is 0 Å². The molecule has 0 saturated heterocycles. The number of fused-ring (bicyclic) bond motifs is 1. The van der Waals surface area contributed by atoms with Gasteiger partial charge in [0.2, 0.25) is 5.91 Å². The Morgan fingerprint density at radius 1 is 1.43 bits per heavy atom. The number of aromatic nitrogens is 4. The van der Waals surface area contributed by atoms with Gasteiger partial charge in [-0.3, -0.25) is 4.79 Å². The summed E-state index contributed by atoms with van der Waals surface area (Å²) in [7, 11) is 0. The van der Waals surface area contributed by atoms with Gasteiger partial charge < -0.3 is 10.6 Å². The van der Waals surface area contributed by atoms with Crippen molar-refractivity contribution in [1.82, 2.24) is 25.1 Å². The van der Waals surface area contributed by atoms with Gasteiger partial charge in [0.1, 0.15) is 5.82 Å².